The number of likely N-dealkylation sites (tertiary alicyclic amines) is 1. The smallest absolute Gasteiger partial charge is 0.325 e. The Morgan fingerprint density at radius 2 is 1.88 bits per heavy atom. The van der Waals surface area contributed by atoms with Crippen molar-refractivity contribution >= 4 is 17.8 Å². The zero-order chi connectivity index (χ0) is 18.7. The monoisotopic (exact) mass is 344 g/mol. The summed E-state index contributed by atoms with van der Waals surface area (Å²) in [7, 11) is 1.44. The van der Waals surface area contributed by atoms with Crippen molar-refractivity contribution in [3.05, 3.63) is 34.9 Å². The van der Waals surface area contributed by atoms with Gasteiger partial charge >= 0.3 is 5.97 Å². The summed E-state index contributed by atoms with van der Waals surface area (Å²) in [6.45, 7) is 7.45. The molecule has 2 aliphatic heterocycles. The summed E-state index contributed by atoms with van der Waals surface area (Å²) in [5, 5.41) is 13.2. The fraction of sp³-hybridized carbons (Fsp3) is 0.526. The minimum atomic E-state index is -1.46. The molecule has 2 fully saturated rings. The summed E-state index contributed by atoms with van der Waals surface area (Å²) >= 11 is 0. The minimum absolute atomic E-state index is 0.308. The molecule has 0 spiro atoms. The van der Waals surface area contributed by atoms with Crippen LogP contribution in [0.5, 0.6) is 0 Å². The summed E-state index contributed by atoms with van der Waals surface area (Å²) in [6, 6.07) is 5.41. The lowest BCUT2D eigenvalue weighted by Gasteiger charge is -2.34. The second-order valence-corrected chi connectivity index (χ2v) is 7.55. The van der Waals surface area contributed by atoms with Gasteiger partial charge in [-0.1, -0.05) is 37.6 Å². The number of carbonyl (C=O) groups excluding carboxylic acids is 2. The molecule has 1 aromatic rings. The van der Waals surface area contributed by atoms with Crippen molar-refractivity contribution < 1.29 is 19.5 Å². The van der Waals surface area contributed by atoms with E-state index in [1.54, 1.807) is 13.8 Å². The van der Waals surface area contributed by atoms with Crippen molar-refractivity contribution in [1.29, 1.82) is 0 Å². The Morgan fingerprint density at radius 1 is 1.24 bits per heavy atom. The first-order valence-electron chi connectivity index (χ1n) is 8.52. The Morgan fingerprint density at radius 3 is 2.44 bits per heavy atom. The first kappa shape index (κ1) is 17.6. The number of imide groups is 1. The molecule has 25 heavy (non-hydrogen) atoms. The third kappa shape index (κ3) is 2.24. The number of nitrogens with one attached hydrogen (secondary N) is 1. The number of carbonyl (C=O) groups is 3. The number of benzene rings is 1. The quantitative estimate of drug-likeness (QED) is 0.815. The van der Waals surface area contributed by atoms with Gasteiger partial charge in [0.05, 0.1) is 11.8 Å². The maximum absolute atomic E-state index is 12.8. The van der Waals surface area contributed by atoms with Crippen molar-refractivity contribution in [3.8, 4) is 0 Å². The van der Waals surface area contributed by atoms with Crippen LogP contribution >= 0.6 is 0 Å². The van der Waals surface area contributed by atoms with Crippen molar-refractivity contribution in [3.63, 3.8) is 0 Å². The van der Waals surface area contributed by atoms with Crippen molar-refractivity contribution in [1.82, 2.24) is 10.2 Å². The van der Waals surface area contributed by atoms with Gasteiger partial charge in [-0.05, 0) is 30.9 Å². The van der Waals surface area contributed by atoms with Gasteiger partial charge in [-0.2, -0.15) is 0 Å². The molecule has 0 aromatic heterocycles. The van der Waals surface area contributed by atoms with E-state index in [0.717, 1.165) is 21.6 Å². The number of carboxylic acid groups (broad SMARTS) is 1. The average molecular weight is 344 g/mol. The molecule has 2 amide bonds. The van der Waals surface area contributed by atoms with E-state index >= 15 is 0 Å². The summed E-state index contributed by atoms with van der Waals surface area (Å²) in [4.78, 5) is 38.9. The molecule has 0 aliphatic carbocycles. The van der Waals surface area contributed by atoms with Gasteiger partial charge in [0.15, 0.2) is 0 Å². The number of aliphatic carboxylic acids is 1. The Bertz CT molecular complexity index is 773. The van der Waals surface area contributed by atoms with Crippen LogP contribution in [0.25, 0.3) is 0 Å². The first-order valence-corrected chi connectivity index (χ1v) is 8.52. The second-order valence-electron chi connectivity index (χ2n) is 7.55. The zero-order valence-electron chi connectivity index (χ0n) is 15.2. The van der Waals surface area contributed by atoms with E-state index in [1.165, 1.54) is 7.05 Å². The molecule has 3 rings (SSSR count). The minimum Gasteiger partial charge on any atom is -0.480 e. The molecule has 2 aliphatic rings. The van der Waals surface area contributed by atoms with Crippen molar-refractivity contribution in [2.24, 2.45) is 17.8 Å². The van der Waals surface area contributed by atoms with Crippen LogP contribution in [0.1, 0.15) is 36.6 Å². The second kappa shape index (κ2) is 5.66. The van der Waals surface area contributed by atoms with E-state index in [9.17, 15) is 19.5 Å². The van der Waals surface area contributed by atoms with Crippen LogP contribution in [0.4, 0.5) is 0 Å². The van der Waals surface area contributed by atoms with Crippen LogP contribution in [0.2, 0.25) is 0 Å². The van der Waals surface area contributed by atoms with Crippen molar-refractivity contribution in [2.45, 2.75) is 39.3 Å². The predicted octanol–water partition coefficient (Wildman–Crippen LogP) is 1.66. The lowest BCUT2D eigenvalue weighted by atomic mass is 9.73. The number of rotatable bonds is 3. The van der Waals surface area contributed by atoms with E-state index in [0.29, 0.717) is 0 Å². The normalized spacial score (nSPS) is 31.8. The van der Waals surface area contributed by atoms with Gasteiger partial charge in [0.2, 0.25) is 11.8 Å². The summed E-state index contributed by atoms with van der Waals surface area (Å²) in [6.07, 6.45) is 0. The summed E-state index contributed by atoms with van der Waals surface area (Å²) < 4.78 is 0. The maximum Gasteiger partial charge on any atom is 0.325 e. The molecule has 4 unspecified atom stereocenters. The molecule has 134 valence electrons. The van der Waals surface area contributed by atoms with E-state index < -0.39 is 35.3 Å². The Balaban J connectivity index is 2.22. The fourth-order valence-electron chi connectivity index (χ4n) is 4.42. The number of aryl methyl sites for hydroxylation is 2. The molecule has 4 atom stereocenters. The van der Waals surface area contributed by atoms with E-state index in [4.69, 9.17) is 0 Å². The molecule has 6 heteroatoms. The third-order valence-corrected chi connectivity index (χ3v) is 5.85. The molecule has 2 N–H and O–H groups in total. The summed E-state index contributed by atoms with van der Waals surface area (Å²) in [5.74, 6) is -3.75. The molecule has 1 aromatic carbocycles. The average Bonchev–Trinajstić information content (AvgIpc) is 3.01. The van der Waals surface area contributed by atoms with Crippen LogP contribution < -0.4 is 5.32 Å². The maximum atomic E-state index is 12.8. The van der Waals surface area contributed by atoms with Crippen LogP contribution in [-0.4, -0.2) is 40.4 Å². The highest BCUT2D eigenvalue weighted by atomic mass is 16.4. The molecule has 0 radical (unpaired) electrons. The Labute approximate surface area is 147 Å². The Kier molecular flexibility index (Phi) is 3.99. The van der Waals surface area contributed by atoms with Crippen LogP contribution in [-0.2, 0) is 14.4 Å². The predicted molar refractivity (Wildman–Crippen MR) is 91.8 cm³/mol. The highest BCUT2D eigenvalue weighted by Gasteiger charge is 2.68. The van der Waals surface area contributed by atoms with E-state index in [1.807, 2.05) is 32.0 Å². The molecular weight excluding hydrogens is 320 g/mol. The van der Waals surface area contributed by atoms with Crippen LogP contribution in [0.3, 0.4) is 0 Å². The summed E-state index contributed by atoms with van der Waals surface area (Å²) in [5.41, 5.74) is 1.43. The van der Waals surface area contributed by atoms with Gasteiger partial charge < -0.3 is 5.11 Å². The van der Waals surface area contributed by atoms with Crippen LogP contribution in [0.15, 0.2) is 18.2 Å². The van der Waals surface area contributed by atoms with Gasteiger partial charge in [0.1, 0.15) is 5.54 Å². The van der Waals surface area contributed by atoms with Crippen molar-refractivity contribution in [2.75, 3.05) is 7.05 Å². The number of carboxylic acids is 1. The van der Waals surface area contributed by atoms with Gasteiger partial charge in [0, 0.05) is 13.1 Å². The molecule has 6 nitrogen and oxygen atoms in total. The SMILES string of the molecule is Cc1ccc(C)c(C2NC(C(=O)O)(C(C)C)C3C(=O)N(C)C(=O)C23)c1. The van der Waals surface area contributed by atoms with Gasteiger partial charge in [0.25, 0.3) is 0 Å². The van der Waals surface area contributed by atoms with Gasteiger partial charge in [-0.25, -0.2) is 0 Å². The number of amides is 2. The van der Waals surface area contributed by atoms with Crippen LogP contribution in [0, 0.1) is 31.6 Å². The van der Waals surface area contributed by atoms with E-state index in [2.05, 4.69) is 5.32 Å². The topological polar surface area (TPSA) is 86.7 Å². The largest absolute Gasteiger partial charge is 0.480 e. The van der Waals surface area contributed by atoms with Gasteiger partial charge in [-0.15, -0.1) is 0 Å². The van der Waals surface area contributed by atoms with Gasteiger partial charge in [-0.3, -0.25) is 24.6 Å². The number of nitrogens with zero attached hydrogens (tertiary/aromatic N) is 1. The third-order valence-electron chi connectivity index (χ3n) is 5.85. The van der Waals surface area contributed by atoms with E-state index in [-0.39, 0.29) is 11.8 Å². The standard InChI is InChI=1S/C19H24N2O4/c1-9(2)19(18(24)25)14-13(16(22)21(5)17(14)23)15(20-19)12-8-10(3)6-7-11(12)4/h6-9,13-15,20H,1-5H3,(H,24,25). The highest BCUT2D eigenvalue weighted by molar-refractivity contribution is 6.09. The number of hydrogen-bond donors (Lipinski definition) is 2. The molecule has 2 heterocycles. The molecule has 0 saturated carbocycles. The molecule has 2 saturated heterocycles. The molecular formula is C19H24N2O4. The lowest BCUT2D eigenvalue weighted by Crippen LogP contribution is -2.59. The highest BCUT2D eigenvalue weighted by Crippen LogP contribution is 2.51. The molecule has 0 bridgehead atoms. The number of hydrogen-bond acceptors (Lipinski definition) is 4. The zero-order valence-corrected chi connectivity index (χ0v) is 15.2. The Hall–Kier alpha value is -2.21. The lowest BCUT2D eigenvalue weighted by molar-refractivity contribution is -0.153. The fourth-order valence-corrected chi connectivity index (χ4v) is 4.42. The first-order chi connectivity index (χ1) is 11.6. The number of fused-ring (bicyclic) bond motifs is 1.